The summed E-state index contributed by atoms with van der Waals surface area (Å²) in [6, 6.07) is 4.65. The maximum absolute atomic E-state index is 10.7. The van der Waals surface area contributed by atoms with Gasteiger partial charge < -0.3 is 10.4 Å². The average molecular weight is 343 g/mol. The molecule has 2 rings (SSSR count). The van der Waals surface area contributed by atoms with Gasteiger partial charge in [0.1, 0.15) is 0 Å². The van der Waals surface area contributed by atoms with Crippen LogP contribution in [-0.4, -0.2) is 22.2 Å². The zero-order chi connectivity index (χ0) is 14.8. The molecule has 5 nitrogen and oxygen atoms in total. The van der Waals surface area contributed by atoms with E-state index in [1.807, 2.05) is 0 Å². The topological polar surface area (TPSA) is 75.4 Å². The molecule has 1 saturated carbocycles. The molecule has 0 spiro atoms. The van der Waals surface area contributed by atoms with Gasteiger partial charge in [0.2, 0.25) is 0 Å². The second-order valence-electron chi connectivity index (χ2n) is 5.67. The molecule has 1 aliphatic carbocycles. The molecule has 110 valence electrons. The lowest BCUT2D eigenvalue weighted by Crippen LogP contribution is -2.45. The summed E-state index contributed by atoms with van der Waals surface area (Å²) in [6.45, 7) is 2.30. The smallest absolute Gasteiger partial charge is 0.270 e. The third-order valence-corrected chi connectivity index (χ3v) is 4.75. The number of aliphatic hydroxyl groups is 1. The number of anilines is 1. The number of benzene rings is 1. The van der Waals surface area contributed by atoms with Crippen molar-refractivity contribution < 1.29 is 10.0 Å². The molecule has 0 heterocycles. The molecule has 1 aromatic carbocycles. The number of halogens is 1. The Balaban J connectivity index is 2.17. The Morgan fingerprint density at radius 3 is 2.65 bits per heavy atom. The van der Waals surface area contributed by atoms with Crippen LogP contribution in [0.25, 0.3) is 0 Å². The summed E-state index contributed by atoms with van der Waals surface area (Å²) >= 11 is 3.36. The van der Waals surface area contributed by atoms with E-state index in [0.29, 0.717) is 10.4 Å². The number of nitro groups is 1. The Labute approximate surface area is 126 Å². The molecule has 0 amide bonds. The number of hydrogen-bond donors (Lipinski definition) is 2. The van der Waals surface area contributed by atoms with Crippen LogP contribution in [0.2, 0.25) is 0 Å². The van der Waals surface area contributed by atoms with E-state index in [-0.39, 0.29) is 17.8 Å². The zero-order valence-corrected chi connectivity index (χ0v) is 13.0. The van der Waals surface area contributed by atoms with Crippen LogP contribution in [0, 0.1) is 16.0 Å². The van der Waals surface area contributed by atoms with Gasteiger partial charge in [-0.3, -0.25) is 10.1 Å². The lowest BCUT2D eigenvalue weighted by atomic mass is 9.77. The minimum atomic E-state index is -0.418. The maximum atomic E-state index is 10.7. The molecule has 0 atom stereocenters. The van der Waals surface area contributed by atoms with Gasteiger partial charge >= 0.3 is 0 Å². The van der Waals surface area contributed by atoms with Crippen LogP contribution >= 0.6 is 15.9 Å². The minimum Gasteiger partial charge on any atom is -0.394 e. The van der Waals surface area contributed by atoms with Gasteiger partial charge in [-0.2, -0.15) is 0 Å². The van der Waals surface area contributed by atoms with Crippen LogP contribution in [0.4, 0.5) is 11.4 Å². The van der Waals surface area contributed by atoms with Gasteiger partial charge in [-0.15, -0.1) is 0 Å². The third kappa shape index (κ3) is 3.30. The van der Waals surface area contributed by atoms with Crippen molar-refractivity contribution in [3.05, 3.63) is 32.8 Å². The number of rotatable bonds is 4. The van der Waals surface area contributed by atoms with Crippen LogP contribution in [0.5, 0.6) is 0 Å². The summed E-state index contributed by atoms with van der Waals surface area (Å²) < 4.78 is 0.651. The third-order valence-electron chi connectivity index (χ3n) is 4.10. The molecule has 2 N–H and O–H groups in total. The van der Waals surface area contributed by atoms with Gasteiger partial charge in [-0.25, -0.2) is 0 Å². The molecule has 0 bridgehead atoms. The first-order valence-corrected chi connectivity index (χ1v) is 7.58. The van der Waals surface area contributed by atoms with Crippen molar-refractivity contribution >= 4 is 27.3 Å². The predicted molar refractivity (Wildman–Crippen MR) is 81.9 cm³/mol. The summed E-state index contributed by atoms with van der Waals surface area (Å²) in [5.74, 6) is 0.691. The molecule has 0 radical (unpaired) electrons. The van der Waals surface area contributed by atoms with E-state index in [1.165, 1.54) is 12.1 Å². The lowest BCUT2D eigenvalue weighted by molar-refractivity contribution is -0.384. The Morgan fingerprint density at radius 1 is 1.50 bits per heavy atom. The van der Waals surface area contributed by atoms with Crippen LogP contribution in [0.1, 0.15) is 32.6 Å². The van der Waals surface area contributed by atoms with E-state index in [2.05, 4.69) is 28.2 Å². The van der Waals surface area contributed by atoms with Crippen molar-refractivity contribution in [2.24, 2.45) is 5.92 Å². The number of nitrogens with one attached hydrogen (secondary N) is 1. The molecule has 0 aliphatic heterocycles. The van der Waals surface area contributed by atoms with Gasteiger partial charge in [0.25, 0.3) is 5.69 Å². The molecule has 0 aromatic heterocycles. The van der Waals surface area contributed by atoms with Crippen molar-refractivity contribution in [1.29, 1.82) is 0 Å². The number of nitrogens with zero attached hydrogens (tertiary/aromatic N) is 1. The number of aliphatic hydroxyl groups excluding tert-OH is 1. The quantitative estimate of drug-likeness (QED) is 0.645. The molecule has 1 aliphatic rings. The molecule has 0 saturated heterocycles. The first-order valence-electron chi connectivity index (χ1n) is 6.79. The van der Waals surface area contributed by atoms with E-state index in [1.54, 1.807) is 6.07 Å². The summed E-state index contributed by atoms with van der Waals surface area (Å²) in [5, 5.41) is 23.9. The fraction of sp³-hybridized carbons (Fsp3) is 0.571. The van der Waals surface area contributed by atoms with Gasteiger partial charge in [0, 0.05) is 22.3 Å². The molecule has 0 unspecified atom stereocenters. The van der Waals surface area contributed by atoms with E-state index in [4.69, 9.17) is 0 Å². The molecule has 6 heteroatoms. The van der Waals surface area contributed by atoms with Gasteiger partial charge in [-0.05, 0) is 53.6 Å². The van der Waals surface area contributed by atoms with E-state index < -0.39 is 4.92 Å². The normalized spacial score (nSPS) is 26.2. The fourth-order valence-corrected chi connectivity index (χ4v) is 3.11. The van der Waals surface area contributed by atoms with Crippen molar-refractivity contribution in [3.63, 3.8) is 0 Å². The fourth-order valence-electron chi connectivity index (χ4n) is 2.64. The highest BCUT2D eigenvalue weighted by atomic mass is 79.9. The van der Waals surface area contributed by atoms with E-state index in [9.17, 15) is 15.2 Å². The lowest BCUT2D eigenvalue weighted by Gasteiger charge is -2.39. The molecule has 1 fully saturated rings. The van der Waals surface area contributed by atoms with Crippen LogP contribution < -0.4 is 5.32 Å². The van der Waals surface area contributed by atoms with E-state index in [0.717, 1.165) is 31.4 Å². The van der Waals surface area contributed by atoms with Crippen molar-refractivity contribution in [3.8, 4) is 0 Å². The second-order valence-corrected chi connectivity index (χ2v) is 6.52. The Hall–Kier alpha value is -1.14. The molecular formula is C14H19BrN2O3. The zero-order valence-electron chi connectivity index (χ0n) is 11.4. The first-order chi connectivity index (χ1) is 9.46. The van der Waals surface area contributed by atoms with Crippen LogP contribution in [0.3, 0.4) is 0 Å². The highest BCUT2D eigenvalue weighted by Gasteiger charge is 2.34. The minimum absolute atomic E-state index is 0.0535. The number of hydrogen-bond acceptors (Lipinski definition) is 4. The highest BCUT2D eigenvalue weighted by molar-refractivity contribution is 9.10. The largest absolute Gasteiger partial charge is 0.394 e. The summed E-state index contributed by atoms with van der Waals surface area (Å²) in [4.78, 5) is 10.3. The van der Waals surface area contributed by atoms with Crippen molar-refractivity contribution in [2.75, 3.05) is 11.9 Å². The maximum Gasteiger partial charge on any atom is 0.270 e. The highest BCUT2D eigenvalue weighted by Crippen LogP contribution is 2.37. The van der Waals surface area contributed by atoms with Crippen molar-refractivity contribution in [1.82, 2.24) is 0 Å². The average Bonchev–Trinajstić information content (AvgIpc) is 2.43. The number of nitro benzene ring substituents is 1. The van der Waals surface area contributed by atoms with Gasteiger partial charge in [-0.1, -0.05) is 6.92 Å². The van der Waals surface area contributed by atoms with Crippen LogP contribution in [-0.2, 0) is 0 Å². The van der Waals surface area contributed by atoms with Crippen LogP contribution in [0.15, 0.2) is 22.7 Å². The molecular weight excluding hydrogens is 324 g/mol. The SMILES string of the molecule is CC1CCC(CO)(Nc2ccc([N+](=O)[O-])cc2Br)CC1. The van der Waals surface area contributed by atoms with E-state index >= 15 is 0 Å². The Kier molecular flexibility index (Phi) is 4.65. The first kappa shape index (κ1) is 15.3. The van der Waals surface area contributed by atoms with Crippen molar-refractivity contribution in [2.45, 2.75) is 38.1 Å². The summed E-state index contributed by atoms with van der Waals surface area (Å²) in [5.41, 5.74) is 0.530. The van der Waals surface area contributed by atoms with Gasteiger partial charge in [0.15, 0.2) is 0 Å². The Morgan fingerprint density at radius 2 is 2.15 bits per heavy atom. The molecule has 20 heavy (non-hydrogen) atoms. The number of non-ortho nitro benzene ring substituents is 1. The standard InChI is InChI=1S/C14H19BrN2O3/c1-10-4-6-14(9-18,7-5-10)16-13-3-2-11(17(19)20)8-12(13)15/h2-3,8,10,16,18H,4-7,9H2,1H3. The molecule has 1 aromatic rings. The summed E-state index contributed by atoms with van der Waals surface area (Å²) in [7, 11) is 0. The van der Waals surface area contributed by atoms with Gasteiger partial charge in [0.05, 0.1) is 17.1 Å². The Bertz CT molecular complexity index is 499. The summed E-state index contributed by atoms with van der Waals surface area (Å²) in [6.07, 6.45) is 3.98. The monoisotopic (exact) mass is 342 g/mol. The second kappa shape index (κ2) is 6.10. The predicted octanol–water partition coefficient (Wildman–Crippen LogP) is 3.71.